The molecule has 0 N–H and O–H groups in total. The Morgan fingerprint density at radius 3 is 2.12 bits per heavy atom. The first kappa shape index (κ1) is 11.3. The van der Waals surface area contributed by atoms with Gasteiger partial charge in [0.2, 0.25) is 0 Å². The fourth-order valence-electron chi connectivity index (χ4n) is 0.521. The van der Waals surface area contributed by atoms with Crippen LogP contribution in [0, 0.1) is 0 Å². The third-order valence-corrected chi connectivity index (χ3v) is 1.25. The SMILES string of the molecule is CCCCCCCl.[SiH4]. The molecular weight excluding hydrogens is 136 g/mol. The van der Waals surface area contributed by atoms with Crippen molar-refractivity contribution in [2.45, 2.75) is 32.6 Å². The average Bonchev–Trinajstić information content (AvgIpc) is 1.69. The molecule has 0 nitrogen and oxygen atoms in total. The molecule has 0 aromatic rings. The highest BCUT2D eigenvalue weighted by Crippen LogP contribution is 1.98. The zero-order valence-corrected chi connectivity index (χ0v) is 5.67. The second-order valence-electron chi connectivity index (χ2n) is 1.75. The van der Waals surface area contributed by atoms with E-state index in [-0.39, 0.29) is 11.0 Å². The second kappa shape index (κ2) is 10.5. The van der Waals surface area contributed by atoms with E-state index in [1.54, 1.807) is 0 Å². The van der Waals surface area contributed by atoms with Gasteiger partial charge in [0.25, 0.3) is 0 Å². The van der Waals surface area contributed by atoms with E-state index in [9.17, 15) is 0 Å². The van der Waals surface area contributed by atoms with Crippen molar-refractivity contribution in [3.8, 4) is 0 Å². The molecule has 0 spiro atoms. The molecular formula is C6H17ClSi. The van der Waals surface area contributed by atoms with Gasteiger partial charge in [-0.15, -0.1) is 11.6 Å². The van der Waals surface area contributed by atoms with E-state index in [1.807, 2.05) is 0 Å². The summed E-state index contributed by atoms with van der Waals surface area (Å²) >= 11 is 5.44. The van der Waals surface area contributed by atoms with Crippen LogP contribution in [0.25, 0.3) is 0 Å². The first-order valence-corrected chi connectivity index (χ1v) is 3.51. The molecule has 0 heterocycles. The Labute approximate surface area is 61.6 Å². The van der Waals surface area contributed by atoms with Crippen molar-refractivity contribution in [3.05, 3.63) is 0 Å². The summed E-state index contributed by atoms with van der Waals surface area (Å²) in [5, 5.41) is 0. The summed E-state index contributed by atoms with van der Waals surface area (Å²) in [6.07, 6.45) is 5.14. The van der Waals surface area contributed by atoms with Crippen molar-refractivity contribution in [1.82, 2.24) is 0 Å². The van der Waals surface area contributed by atoms with Gasteiger partial charge in [-0.1, -0.05) is 26.2 Å². The van der Waals surface area contributed by atoms with E-state index in [0.29, 0.717) is 0 Å². The first-order valence-electron chi connectivity index (χ1n) is 2.97. The Morgan fingerprint density at radius 2 is 1.75 bits per heavy atom. The molecule has 0 radical (unpaired) electrons. The van der Waals surface area contributed by atoms with Crippen LogP contribution in [0.15, 0.2) is 0 Å². The Hall–Kier alpha value is 0.507. The predicted octanol–water partition coefficient (Wildman–Crippen LogP) is 1.35. The zero-order valence-electron chi connectivity index (χ0n) is 4.91. The summed E-state index contributed by atoms with van der Waals surface area (Å²) in [5.74, 6) is 0.833. The molecule has 0 unspecified atom stereocenters. The molecule has 0 saturated heterocycles. The van der Waals surface area contributed by atoms with Gasteiger partial charge >= 0.3 is 0 Å². The highest BCUT2D eigenvalue weighted by atomic mass is 35.5. The van der Waals surface area contributed by atoms with Crippen molar-refractivity contribution in [1.29, 1.82) is 0 Å². The Balaban J connectivity index is 0. The minimum Gasteiger partial charge on any atom is -0.127 e. The molecule has 0 aliphatic heterocycles. The van der Waals surface area contributed by atoms with Gasteiger partial charge in [-0.2, -0.15) is 0 Å². The van der Waals surface area contributed by atoms with Gasteiger partial charge in [-0.25, -0.2) is 0 Å². The third kappa shape index (κ3) is 9.71. The highest BCUT2D eigenvalue weighted by molar-refractivity contribution is 6.17. The zero-order chi connectivity index (χ0) is 5.54. The molecule has 0 aromatic carbocycles. The fourth-order valence-corrected chi connectivity index (χ4v) is 0.710. The Morgan fingerprint density at radius 1 is 1.12 bits per heavy atom. The van der Waals surface area contributed by atoms with Crippen LogP contribution in [-0.4, -0.2) is 16.8 Å². The van der Waals surface area contributed by atoms with Gasteiger partial charge in [0.1, 0.15) is 0 Å². The molecule has 52 valence electrons. The monoisotopic (exact) mass is 152 g/mol. The lowest BCUT2D eigenvalue weighted by Crippen LogP contribution is -1.74. The molecule has 2 heteroatoms. The van der Waals surface area contributed by atoms with E-state index in [1.165, 1.54) is 25.7 Å². The summed E-state index contributed by atoms with van der Waals surface area (Å²) in [6, 6.07) is 0. The molecule has 0 aromatic heterocycles. The molecule has 0 saturated carbocycles. The molecule has 8 heavy (non-hydrogen) atoms. The summed E-state index contributed by atoms with van der Waals surface area (Å²) in [5.41, 5.74) is 0. The van der Waals surface area contributed by atoms with E-state index < -0.39 is 0 Å². The fraction of sp³-hybridized carbons (Fsp3) is 1.00. The molecule has 0 bridgehead atoms. The topological polar surface area (TPSA) is 0 Å². The third-order valence-electron chi connectivity index (χ3n) is 0.987. The molecule has 0 aliphatic carbocycles. The van der Waals surface area contributed by atoms with E-state index in [2.05, 4.69) is 6.92 Å². The van der Waals surface area contributed by atoms with Crippen LogP contribution < -0.4 is 0 Å². The van der Waals surface area contributed by atoms with Gasteiger partial charge in [-0.3, -0.25) is 0 Å². The summed E-state index contributed by atoms with van der Waals surface area (Å²) in [7, 11) is 0. The van der Waals surface area contributed by atoms with E-state index in [4.69, 9.17) is 11.6 Å². The lowest BCUT2D eigenvalue weighted by Gasteiger charge is -1.89. The van der Waals surface area contributed by atoms with Crippen molar-refractivity contribution in [3.63, 3.8) is 0 Å². The highest BCUT2D eigenvalue weighted by Gasteiger charge is 1.81. The Kier molecular flexibility index (Phi) is 14.8. The molecule has 0 aliphatic rings. The predicted molar refractivity (Wildman–Crippen MR) is 46.2 cm³/mol. The van der Waals surface area contributed by atoms with Gasteiger partial charge in [0.15, 0.2) is 0 Å². The van der Waals surface area contributed by atoms with Crippen molar-refractivity contribution in [2.24, 2.45) is 0 Å². The van der Waals surface area contributed by atoms with Crippen LogP contribution in [0.3, 0.4) is 0 Å². The summed E-state index contributed by atoms with van der Waals surface area (Å²) in [4.78, 5) is 0. The molecule has 0 amide bonds. The van der Waals surface area contributed by atoms with Crippen LogP contribution >= 0.6 is 11.6 Å². The van der Waals surface area contributed by atoms with Gasteiger partial charge in [0, 0.05) is 5.88 Å². The number of hydrogen-bond acceptors (Lipinski definition) is 0. The van der Waals surface area contributed by atoms with Crippen molar-refractivity contribution >= 4 is 22.6 Å². The number of alkyl halides is 1. The average molecular weight is 153 g/mol. The summed E-state index contributed by atoms with van der Waals surface area (Å²) < 4.78 is 0. The van der Waals surface area contributed by atoms with Crippen molar-refractivity contribution < 1.29 is 0 Å². The lowest BCUT2D eigenvalue weighted by atomic mass is 10.2. The maximum absolute atomic E-state index is 5.44. The van der Waals surface area contributed by atoms with Crippen LogP contribution in [0.5, 0.6) is 0 Å². The maximum Gasteiger partial charge on any atom is 0.0223 e. The minimum atomic E-state index is 0. The second-order valence-corrected chi connectivity index (χ2v) is 2.13. The standard InChI is InChI=1S/C6H13Cl.H4Si/c1-2-3-4-5-6-7;/h2-6H2,1H3;1H4. The smallest absolute Gasteiger partial charge is 0.0223 e. The van der Waals surface area contributed by atoms with E-state index in [0.717, 1.165) is 5.88 Å². The maximum atomic E-state index is 5.44. The van der Waals surface area contributed by atoms with Crippen molar-refractivity contribution in [2.75, 3.05) is 5.88 Å². The van der Waals surface area contributed by atoms with E-state index >= 15 is 0 Å². The van der Waals surface area contributed by atoms with Crippen LogP contribution in [-0.2, 0) is 0 Å². The summed E-state index contributed by atoms with van der Waals surface area (Å²) in [6.45, 7) is 2.20. The minimum absolute atomic E-state index is 0. The molecule has 0 atom stereocenters. The number of hydrogen-bond donors (Lipinski definition) is 0. The quantitative estimate of drug-likeness (QED) is 0.324. The first-order chi connectivity index (χ1) is 3.41. The molecule has 0 rings (SSSR count). The lowest BCUT2D eigenvalue weighted by molar-refractivity contribution is 0.705. The largest absolute Gasteiger partial charge is 0.127 e. The van der Waals surface area contributed by atoms with Gasteiger partial charge in [-0.05, 0) is 17.4 Å². The normalized spacial score (nSPS) is 8.25. The number of halogens is 1. The molecule has 0 fully saturated rings. The van der Waals surface area contributed by atoms with Crippen LogP contribution in [0.1, 0.15) is 32.6 Å². The van der Waals surface area contributed by atoms with Crippen LogP contribution in [0.2, 0.25) is 0 Å². The Bertz CT molecular complexity index is 27.7. The number of unbranched alkanes of at least 4 members (excludes halogenated alkanes) is 3. The van der Waals surface area contributed by atoms with Crippen LogP contribution in [0.4, 0.5) is 0 Å². The number of rotatable bonds is 4. The van der Waals surface area contributed by atoms with Gasteiger partial charge < -0.3 is 0 Å². The van der Waals surface area contributed by atoms with Gasteiger partial charge in [0.05, 0.1) is 0 Å².